The number of likely N-dealkylation sites (N-methyl/N-ethyl adjacent to an activating group) is 1. The van der Waals surface area contributed by atoms with Gasteiger partial charge in [-0.1, -0.05) is 52.0 Å². The minimum Gasteiger partial charge on any atom is -0.310 e. The number of benzene rings is 1. The monoisotopic (exact) mass is 288 g/mol. The average Bonchev–Trinajstić information content (AvgIpc) is 2.90. The SMILES string of the molecule is CCNC(Cc1nccs1)c1ccc(C(C)(C)C)cc1. The van der Waals surface area contributed by atoms with Crippen LogP contribution in [0, 0.1) is 0 Å². The molecule has 1 aromatic heterocycles. The number of hydrogen-bond acceptors (Lipinski definition) is 3. The number of nitrogens with zero attached hydrogens (tertiary/aromatic N) is 1. The molecule has 0 aliphatic rings. The van der Waals surface area contributed by atoms with Crippen molar-refractivity contribution in [3.05, 3.63) is 52.0 Å². The molecule has 0 saturated carbocycles. The Hall–Kier alpha value is -1.19. The highest BCUT2D eigenvalue weighted by molar-refractivity contribution is 7.09. The van der Waals surface area contributed by atoms with Gasteiger partial charge in [0.15, 0.2) is 0 Å². The topological polar surface area (TPSA) is 24.9 Å². The Bertz CT molecular complexity index is 509. The first kappa shape index (κ1) is 15.2. The van der Waals surface area contributed by atoms with Crippen LogP contribution in [0.25, 0.3) is 0 Å². The second-order valence-electron chi connectivity index (χ2n) is 6.11. The van der Waals surface area contributed by atoms with Crippen LogP contribution in [-0.2, 0) is 11.8 Å². The van der Waals surface area contributed by atoms with Gasteiger partial charge >= 0.3 is 0 Å². The number of rotatable bonds is 5. The van der Waals surface area contributed by atoms with Crippen molar-refractivity contribution in [2.24, 2.45) is 0 Å². The summed E-state index contributed by atoms with van der Waals surface area (Å²) in [4.78, 5) is 4.40. The predicted octanol–water partition coefficient (Wildman–Crippen LogP) is 4.33. The Morgan fingerprint density at radius 1 is 1.20 bits per heavy atom. The summed E-state index contributed by atoms with van der Waals surface area (Å²) in [6.07, 6.45) is 2.84. The minimum absolute atomic E-state index is 0.210. The van der Waals surface area contributed by atoms with Crippen molar-refractivity contribution < 1.29 is 0 Å². The smallest absolute Gasteiger partial charge is 0.0943 e. The number of nitrogens with one attached hydrogen (secondary N) is 1. The Morgan fingerprint density at radius 2 is 1.90 bits per heavy atom. The van der Waals surface area contributed by atoms with E-state index < -0.39 is 0 Å². The fraction of sp³-hybridized carbons (Fsp3) is 0.471. The lowest BCUT2D eigenvalue weighted by Crippen LogP contribution is -2.23. The molecule has 0 saturated heterocycles. The minimum atomic E-state index is 0.210. The largest absolute Gasteiger partial charge is 0.310 e. The maximum atomic E-state index is 4.40. The van der Waals surface area contributed by atoms with Crippen LogP contribution in [0.3, 0.4) is 0 Å². The first-order valence-corrected chi connectivity index (χ1v) is 8.11. The number of aromatic nitrogens is 1. The molecule has 2 aromatic rings. The molecule has 3 heteroatoms. The summed E-state index contributed by atoms with van der Waals surface area (Å²) < 4.78 is 0. The molecule has 1 heterocycles. The summed E-state index contributed by atoms with van der Waals surface area (Å²) in [6.45, 7) is 9.87. The van der Waals surface area contributed by atoms with Crippen LogP contribution < -0.4 is 5.32 Å². The van der Waals surface area contributed by atoms with Gasteiger partial charge in [-0.15, -0.1) is 11.3 Å². The first-order chi connectivity index (χ1) is 9.50. The Kier molecular flexibility index (Phi) is 4.95. The molecule has 1 aromatic carbocycles. The van der Waals surface area contributed by atoms with Gasteiger partial charge in [-0.25, -0.2) is 4.98 Å². The lowest BCUT2D eigenvalue weighted by atomic mass is 9.86. The van der Waals surface area contributed by atoms with Crippen LogP contribution in [0.4, 0.5) is 0 Å². The number of thiazole rings is 1. The van der Waals surface area contributed by atoms with E-state index in [1.54, 1.807) is 11.3 Å². The zero-order chi connectivity index (χ0) is 14.6. The van der Waals surface area contributed by atoms with Gasteiger partial charge in [-0.2, -0.15) is 0 Å². The van der Waals surface area contributed by atoms with Crippen molar-refractivity contribution in [3.63, 3.8) is 0 Å². The highest BCUT2D eigenvalue weighted by Crippen LogP contribution is 2.25. The Morgan fingerprint density at radius 3 is 2.40 bits per heavy atom. The van der Waals surface area contributed by atoms with E-state index in [1.165, 1.54) is 16.1 Å². The summed E-state index contributed by atoms with van der Waals surface area (Å²) in [5.74, 6) is 0. The summed E-state index contributed by atoms with van der Waals surface area (Å²) in [6, 6.07) is 9.35. The van der Waals surface area contributed by atoms with Gasteiger partial charge < -0.3 is 5.32 Å². The maximum Gasteiger partial charge on any atom is 0.0943 e. The van der Waals surface area contributed by atoms with Gasteiger partial charge in [0.25, 0.3) is 0 Å². The van der Waals surface area contributed by atoms with E-state index >= 15 is 0 Å². The predicted molar refractivity (Wildman–Crippen MR) is 87.4 cm³/mol. The van der Waals surface area contributed by atoms with E-state index in [4.69, 9.17) is 0 Å². The van der Waals surface area contributed by atoms with E-state index in [2.05, 4.69) is 62.3 Å². The maximum absolute atomic E-state index is 4.40. The van der Waals surface area contributed by atoms with Crippen LogP contribution in [0.5, 0.6) is 0 Å². The fourth-order valence-electron chi connectivity index (χ4n) is 2.30. The summed E-state index contributed by atoms with van der Waals surface area (Å²) in [5, 5.41) is 6.80. The third-order valence-corrected chi connectivity index (χ3v) is 4.29. The van der Waals surface area contributed by atoms with Gasteiger partial charge in [-0.05, 0) is 23.1 Å². The van der Waals surface area contributed by atoms with Crippen LogP contribution >= 0.6 is 11.3 Å². The van der Waals surface area contributed by atoms with Gasteiger partial charge in [0.2, 0.25) is 0 Å². The molecule has 1 N–H and O–H groups in total. The van der Waals surface area contributed by atoms with Crippen molar-refractivity contribution in [3.8, 4) is 0 Å². The molecule has 1 atom stereocenters. The summed E-state index contributed by atoms with van der Waals surface area (Å²) >= 11 is 1.73. The zero-order valence-corrected chi connectivity index (χ0v) is 13.6. The van der Waals surface area contributed by atoms with E-state index in [9.17, 15) is 0 Å². The third-order valence-electron chi connectivity index (χ3n) is 3.49. The first-order valence-electron chi connectivity index (χ1n) is 7.23. The second-order valence-corrected chi connectivity index (χ2v) is 7.09. The Labute approximate surface area is 126 Å². The van der Waals surface area contributed by atoms with Crippen molar-refractivity contribution in [1.29, 1.82) is 0 Å². The summed E-state index contributed by atoms with van der Waals surface area (Å²) in [5.41, 5.74) is 2.93. The standard InChI is InChI=1S/C17H24N2S/c1-5-18-15(12-16-19-10-11-20-16)13-6-8-14(9-7-13)17(2,3)4/h6-11,15,18H,5,12H2,1-4H3. The van der Waals surface area contributed by atoms with E-state index in [1.807, 2.05) is 11.6 Å². The van der Waals surface area contributed by atoms with Crippen LogP contribution in [0.15, 0.2) is 35.8 Å². The van der Waals surface area contributed by atoms with Crippen molar-refractivity contribution in [2.75, 3.05) is 6.54 Å². The van der Waals surface area contributed by atoms with Gasteiger partial charge in [0.05, 0.1) is 5.01 Å². The van der Waals surface area contributed by atoms with Gasteiger partial charge in [0.1, 0.15) is 0 Å². The molecule has 0 amide bonds. The van der Waals surface area contributed by atoms with Crippen molar-refractivity contribution >= 4 is 11.3 Å². The number of hydrogen-bond donors (Lipinski definition) is 1. The second kappa shape index (κ2) is 6.51. The van der Waals surface area contributed by atoms with Crippen LogP contribution in [-0.4, -0.2) is 11.5 Å². The van der Waals surface area contributed by atoms with Crippen LogP contribution in [0.1, 0.15) is 49.9 Å². The molecule has 2 nitrogen and oxygen atoms in total. The normalized spacial score (nSPS) is 13.4. The van der Waals surface area contributed by atoms with E-state index in [0.29, 0.717) is 6.04 Å². The molecule has 1 unspecified atom stereocenters. The molecule has 2 rings (SSSR count). The van der Waals surface area contributed by atoms with Gasteiger partial charge in [0, 0.05) is 24.0 Å². The van der Waals surface area contributed by atoms with E-state index in [0.717, 1.165) is 13.0 Å². The molecule has 0 aliphatic heterocycles. The molecular formula is C17H24N2S. The van der Waals surface area contributed by atoms with Crippen molar-refractivity contribution in [2.45, 2.75) is 45.6 Å². The highest BCUT2D eigenvalue weighted by Gasteiger charge is 2.16. The molecule has 20 heavy (non-hydrogen) atoms. The molecule has 0 bridgehead atoms. The van der Waals surface area contributed by atoms with E-state index in [-0.39, 0.29) is 5.41 Å². The van der Waals surface area contributed by atoms with Crippen molar-refractivity contribution in [1.82, 2.24) is 10.3 Å². The highest BCUT2D eigenvalue weighted by atomic mass is 32.1. The third kappa shape index (κ3) is 3.90. The molecule has 0 fully saturated rings. The molecule has 0 aliphatic carbocycles. The Balaban J connectivity index is 2.17. The zero-order valence-electron chi connectivity index (χ0n) is 12.8. The average molecular weight is 288 g/mol. The fourth-order valence-corrected chi connectivity index (χ4v) is 2.96. The quantitative estimate of drug-likeness (QED) is 0.885. The lowest BCUT2D eigenvalue weighted by molar-refractivity contribution is 0.546. The van der Waals surface area contributed by atoms with Gasteiger partial charge in [-0.3, -0.25) is 0 Å². The molecular weight excluding hydrogens is 264 g/mol. The molecule has 108 valence electrons. The van der Waals surface area contributed by atoms with Crippen LogP contribution in [0.2, 0.25) is 0 Å². The molecule has 0 radical (unpaired) electrons. The summed E-state index contributed by atoms with van der Waals surface area (Å²) in [7, 11) is 0. The lowest BCUT2D eigenvalue weighted by Gasteiger charge is -2.22. The molecule has 0 spiro atoms.